The molecule has 0 aromatic heterocycles. The first-order valence-corrected chi connectivity index (χ1v) is 9.76. The number of hydrogen-bond donors (Lipinski definition) is 3. The van der Waals surface area contributed by atoms with Crippen LogP contribution in [0.4, 0.5) is 0 Å². The molecule has 0 aromatic rings. The topological polar surface area (TPSA) is 94.8 Å². The van der Waals surface area contributed by atoms with Crippen LogP contribution in [0.25, 0.3) is 0 Å². The SMILES string of the molecule is CCCCCC(C)(O)/C=C/C1C(O)CC(=O)C1C/C=C\CCCC(=O)O. The Bertz CT molecular complexity index is 507. The van der Waals surface area contributed by atoms with E-state index in [2.05, 4.69) is 6.92 Å². The van der Waals surface area contributed by atoms with Crippen molar-refractivity contribution < 1.29 is 24.9 Å². The number of carbonyl (C=O) groups is 2. The molecule has 0 heterocycles. The molecule has 4 atom stereocenters. The molecule has 0 radical (unpaired) electrons. The van der Waals surface area contributed by atoms with Gasteiger partial charge in [0, 0.05) is 24.7 Å². The van der Waals surface area contributed by atoms with Crippen LogP contribution in [-0.4, -0.2) is 38.8 Å². The lowest BCUT2D eigenvalue weighted by molar-refractivity contribution is -0.137. The number of Topliss-reactive ketones (excluding diaryl/α,β-unsaturated/α-hetero) is 1. The highest BCUT2D eigenvalue weighted by Gasteiger charge is 2.39. The van der Waals surface area contributed by atoms with E-state index in [9.17, 15) is 19.8 Å². The molecule has 4 unspecified atom stereocenters. The Balaban J connectivity index is 2.58. The summed E-state index contributed by atoms with van der Waals surface area (Å²) < 4.78 is 0. The Kier molecular flexibility index (Phi) is 9.81. The first kappa shape index (κ1) is 22.6. The third-order valence-corrected chi connectivity index (χ3v) is 5.01. The van der Waals surface area contributed by atoms with Gasteiger partial charge in [0.05, 0.1) is 11.7 Å². The zero-order valence-corrected chi connectivity index (χ0v) is 16.1. The first-order chi connectivity index (χ1) is 12.3. The number of aliphatic hydroxyl groups excluding tert-OH is 1. The first-order valence-electron chi connectivity index (χ1n) is 9.76. The number of carboxylic acid groups (broad SMARTS) is 1. The lowest BCUT2D eigenvalue weighted by atomic mass is 9.88. The van der Waals surface area contributed by atoms with Gasteiger partial charge in [-0.05, 0) is 32.6 Å². The number of allylic oxidation sites excluding steroid dienone is 2. The van der Waals surface area contributed by atoms with E-state index < -0.39 is 17.7 Å². The van der Waals surface area contributed by atoms with Crippen molar-refractivity contribution in [1.29, 1.82) is 0 Å². The third kappa shape index (κ3) is 8.28. The fraction of sp³-hybridized carbons (Fsp3) is 0.714. The van der Waals surface area contributed by atoms with E-state index in [0.29, 0.717) is 25.7 Å². The van der Waals surface area contributed by atoms with E-state index in [4.69, 9.17) is 5.11 Å². The lowest BCUT2D eigenvalue weighted by Gasteiger charge is -2.21. The number of unbranched alkanes of at least 4 members (excludes halogenated alkanes) is 3. The van der Waals surface area contributed by atoms with E-state index in [-0.39, 0.29) is 30.5 Å². The number of aliphatic carboxylic acids is 1. The molecule has 26 heavy (non-hydrogen) atoms. The van der Waals surface area contributed by atoms with Crippen LogP contribution in [0, 0.1) is 11.8 Å². The van der Waals surface area contributed by atoms with E-state index in [1.165, 1.54) is 0 Å². The molecule has 1 aliphatic carbocycles. The predicted octanol–water partition coefficient (Wildman–Crippen LogP) is 3.64. The van der Waals surface area contributed by atoms with Crippen molar-refractivity contribution in [1.82, 2.24) is 0 Å². The second kappa shape index (κ2) is 11.3. The van der Waals surface area contributed by atoms with Gasteiger partial charge in [-0.2, -0.15) is 0 Å². The van der Waals surface area contributed by atoms with E-state index in [1.54, 1.807) is 13.0 Å². The van der Waals surface area contributed by atoms with Gasteiger partial charge in [-0.15, -0.1) is 0 Å². The molecular weight excluding hydrogens is 332 g/mol. The number of ketones is 1. The van der Waals surface area contributed by atoms with Crippen LogP contribution in [0.3, 0.4) is 0 Å². The van der Waals surface area contributed by atoms with Gasteiger partial charge in [-0.1, -0.05) is 50.5 Å². The molecule has 1 fully saturated rings. The van der Waals surface area contributed by atoms with E-state index in [0.717, 1.165) is 19.3 Å². The van der Waals surface area contributed by atoms with Crippen LogP contribution >= 0.6 is 0 Å². The van der Waals surface area contributed by atoms with Gasteiger partial charge in [0.2, 0.25) is 0 Å². The Morgan fingerprint density at radius 1 is 1.27 bits per heavy atom. The van der Waals surface area contributed by atoms with Gasteiger partial charge in [-0.25, -0.2) is 0 Å². The molecule has 148 valence electrons. The molecule has 0 aromatic carbocycles. The minimum Gasteiger partial charge on any atom is -0.481 e. The largest absolute Gasteiger partial charge is 0.481 e. The van der Waals surface area contributed by atoms with Crippen LogP contribution in [0.1, 0.15) is 71.6 Å². The number of rotatable bonds is 12. The van der Waals surface area contributed by atoms with Crippen LogP contribution in [0.2, 0.25) is 0 Å². The smallest absolute Gasteiger partial charge is 0.303 e. The van der Waals surface area contributed by atoms with Crippen molar-refractivity contribution in [2.45, 2.75) is 83.3 Å². The second-order valence-corrected chi connectivity index (χ2v) is 7.59. The number of hydrogen-bond acceptors (Lipinski definition) is 4. The number of carboxylic acids is 1. The summed E-state index contributed by atoms with van der Waals surface area (Å²) in [5.41, 5.74) is -0.919. The van der Waals surface area contributed by atoms with Crippen molar-refractivity contribution in [3.63, 3.8) is 0 Å². The maximum atomic E-state index is 12.2. The Hall–Kier alpha value is -1.46. The molecule has 5 heteroatoms. The Morgan fingerprint density at radius 3 is 2.65 bits per heavy atom. The summed E-state index contributed by atoms with van der Waals surface area (Å²) in [6.45, 7) is 3.88. The summed E-state index contributed by atoms with van der Waals surface area (Å²) >= 11 is 0. The molecule has 0 spiro atoms. The molecule has 1 aliphatic rings. The normalized spacial score (nSPS) is 26.0. The fourth-order valence-electron chi connectivity index (χ4n) is 3.39. The van der Waals surface area contributed by atoms with Gasteiger partial charge in [0.1, 0.15) is 5.78 Å². The molecule has 0 bridgehead atoms. The van der Waals surface area contributed by atoms with Crippen LogP contribution in [-0.2, 0) is 9.59 Å². The molecule has 5 nitrogen and oxygen atoms in total. The minimum absolute atomic E-state index is 0.0490. The molecule has 3 N–H and O–H groups in total. The summed E-state index contributed by atoms with van der Waals surface area (Å²) in [5.74, 6) is -1.30. The molecule has 0 amide bonds. The van der Waals surface area contributed by atoms with Gasteiger partial charge in [0.15, 0.2) is 0 Å². The number of aliphatic hydroxyl groups is 2. The van der Waals surface area contributed by atoms with Crippen molar-refractivity contribution in [2.75, 3.05) is 0 Å². The second-order valence-electron chi connectivity index (χ2n) is 7.59. The van der Waals surface area contributed by atoms with Crippen molar-refractivity contribution in [2.24, 2.45) is 11.8 Å². The lowest BCUT2D eigenvalue weighted by Crippen LogP contribution is -2.23. The van der Waals surface area contributed by atoms with Crippen LogP contribution in [0.5, 0.6) is 0 Å². The molecule has 0 saturated heterocycles. The van der Waals surface area contributed by atoms with Crippen molar-refractivity contribution in [3.05, 3.63) is 24.3 Å². The quantitative estimate of drug-likeness (QED) is 0.362. The zero-order valence-electron chi connectivity index (χ0n) is 16.1. The summed E-state index contributed by atoms with van der Waals surface area (Å²) in [6, 6.07) is 0. The fourth-order valence-corrected chi connectivity index (χ4v) is 3.39. The summed E-state index contributed by atoms with van der Waals surface area (Å²) in [5, 5.41) is 29.3. The maximum absolute atomic E-state index is 12.2. The van der Waals surface area contributed by atoms with Crippen LogP contribution < -0.4 is 0 Å². The van der Waals surface area contributed by atoms with Gasteiger partial charge >= 0.3 is 5.97 Å². The summed E-state index contributed by atoms with van der Waals surface area (Å²) in [7, 11) is 0. The van der Waals surface area contributed by atoms with Crippen molar-refractivity contribution >= 4 is 11.8 Å². The highest BCUT2D eigenvalue weighted by molar-refractivity contribution is 5.84. The maximum Gasteiger partial charge on any atom is 0.303 e. The number of carbonyl (C=O) groups excluding carboxylic acids is 1. The van der Waals surface area contributed by atoms with E-state index in [1.807, 2.05) is 18.2 Å². The predicted molar refractivity (Wildman–Crippen MR) is 102 cm³/mol. The summed E-state index contributed by atoms with van der Waals surface area (Å²) in [4.78, 5) is 22.6. The monoisotopic (exact) mass is 366 g/mol. The molecule has 1 saturated carbocycles. The standard InChI is InChI=1S/C21H34O5/c1-3-4-9-13-21(2,26)14-12-17-16(18(22)15-19(17)23)10-7-5-6-8-11-20(24)25/h5,7,12,14,16-17,19,23,26H,3-4,6,8-11,13,15H2,1-2H3,(H,24,25)/b7-5-,14-12+. The van der Waals surface area contributed by atoms with Gasteiger partial charge < -0.3 is 15.3 Å². The highest BCUT2D eigenvalue weighted by atomic mass is 16.4. The van der Waals surface area contributed by atoms with Crippen molar-refractivity contribution in [3.8, 4) is 0 Å². The average Bonchev–Trinajstić information content (AvgIpc) is 2.82. The Morgan fingerprint density at radius 2 is 2.00 bits per heavy atom. The Labute approximate surface area is 156 Å². The van der Waals surface area contributed by atoms with Crippen LogP contribution in [0.15, 0.2) is 24.3 Å². The molecule has 0 aliphatic heterocycles. The minimum atomic E-state index is -0.919. The van der Waals surface area contributed by atoms with Gasteiger partial charge in [0.25, 0.3) is 0 Å². The average molecular weight is 366 g/mol. The molecule has 1 rings (SSSR count). The van der Waals surface area contributed by atoms with E-state index >= 15 is 0 Å². The summed E-state index contributed by atoms with van der Waals surface area (Å²) in [6.07, 6.45) is 12.5. The highest BCUT2D eigenvalue weighted by Crippen LogP contribution is 2.34. The zero-order chi connectivity index (χ0) is 19.6. The molecular formula is C21H34O5. The third-order valence-electron chi connectivity index (χ3n) is 5.01. The van der Waals surface area contributed by atoms with Gasteiger partial charge in [-0.3, -0.25) is 9.59 Å².